The lowest BCUT2D eigenvalue weighted by Crippen LogP contribution is -2.40. The summed E-state index contributed by atoms with van der Waals surface area (Å²) in [6.45, 7) is 2.68. The lowest BCUT2D eigenvalue weighted by Gasteiger charge is -2.17. The minimum Gasteiger partial charge on any atom is -0.505 e. The number of aryl methyl sites for hydroxylation is 3. The number of aromatic nitrogens is 1. The maximum atomic E-state index is 10.5. The van der Waals surface area contributed by atoms with Gasteiger partial charge in [0.2, 0.25) is 18.2 Å². The smallest absolute Gasteiger partial charge is 0.377 e. The molecule has 36 heavy (non-hydrogen) atoms. The first kappa shape index (κ1) is 23.7. The number of cyclic esters (lactones) is 1. The standard InChI is InChI=1S/C20H18NO3.C6H8O6/c1-12-3-4-13-7-17-15-9-19-18(23-11-24-19)8-14(15)5-6-21(17)10-16(13)20(12)22-2;7-1-2(8)5-3(9)4(10)6(11)12-5/h3-4,7-10H,5-6,11H2,1-2H3;2,5,7-10H,1H2/q+1;/t;2-,5+/m.0/s1. The summed E-state index contributed by atoms with van der Waals surface area (Å²) in [7, 11) is 1.74. The van der Waals surface area contributed by atoms with Crippen LogP contribution in [0.5, 0.6) is 17.2 Å². The van der Waals surface area contributed by atoms with Crippen LogP contribution < -0.4 is 18.8 Å². The highest BCUT2D eigenvalue weighted by molar-refractivity contribution is 5.91. The van der Waals surface area contributed by atoms with Crippen molar-refractivity contribution < 1.29 is 48.7 Å². The lowest BCUT2D eigenvalue weighted by atomic mass is 9.95. The van der Waals surface area contributed by atoms with E-state index in [1.54, 1.807) is 7.11 Å². The van der Waals surface area contributed by atoms with Crippen molar-refractivity contribution >= 4 is 16.7 Å². The van der Waals surface area contributed by atoms with E-state index in [1.807, 2.05) is 0 Å². The van der Waals surface area contributed by atoms with Crippen molar-refractivity contribution in [2.24, 2.45) is 0 Å². The van der Waals surface area contributed by atoms with E-state index in [0.29, 0.717) is 6.79 Å². The van der Waals surface area contributed by atoms with E-state index in [-0.39, 0.29) is 0 Å². The molecule has 10 nitrogen and oxygen atoms in total. The van der Waals surface area contributed by atoms with Gasteiger partial charge in [0, 0.05) is 12.5 Å². The van der Waals surface area contributed by atoms with Gasteiger partial charge in [-0.15, -0.1) is 0 Å². The minimum absolute atomic E-state index is 0.312. The number of benzene rings is 2. The van der Waals surface area contributed by atoms with Gasteiger partial charge in [0.05, 0.1) is 24.7 Å². The second kappa shape index (κ2) is 9.21. The Hall–Kier alpha value is -4.02. The number of aliphatic hydroxyl groups excluding tert-OH is 4. The number of hydrogen-bond donors (Lipinski definition) is 4. The van der Waals surface area contributed by atoms with Crippen molar-refractivity contribution in [3.8, 4) is 28.5 Å². The summed E-state index contributed by atoms with van der Waals surface area (Å²) in [5, 5.41) is 37.4. The zero-order valence-corrected chi connectivity index (χ0v) is 19.7. The van der Waals surface area contributed by atoms with Crippen LogP contribution in [-0.4, -0.2) is 59.1 Å². The number of carbonyl (C=O) groups is 1. The van der Waals surface area contributed by atoms with Crippen LogP contribution in [-0.2, 0) is 22.5 Å². The minimum atomic E-state index is -1.42. The number of pyridine rings is 1. The molecule has 0 unspecified atom stereocenters. The second-order valence-electron chi connectivity index (χ2n) is 8.69. The molecule has 0 fully saturated rings. The van der Waals surface area contributed by atoms with Crippen LogP contribution in [0.15, 0.2) is 48.0 Å². The second-order valence-corrected chi connectivity index (χ2v) is 8.69. The molecule has 4 N–H and O–H groups in total. The highest BCUT2D eigenvalue weighted by Gasteiger charge is 2.38. The largest absolute Gasteiger partial charge is 0.505 e. The molecule has 6 rings (SSSR count). The number of rotatable bonds is 3. The van der Waals surface area contributed by atoms with Gasteiger partial charge in [-0.25, -0.2) is 4.79 Å². The number of fused-ring (bicyclic) bond motifs is 5. The third-order valence-corrected chi connectivity index (χ3v) is 6.49. The Balaban J connectivity index is 0.000000189. The van der Waals surface area contributed by atoms with Crippen LogP contribution in [0.1, 0.15) is 11.1 Å². The van der Waals surface area contributed by atoms with Gasteiger partial charge in [0.1, 0.15) is 11.9 Å². The molecule has 0 saturated heterocycles. The summed E-state index contributed by atoms with van der Waals surface area (Å²) in [5.74, 6) is -0.123. The number of carbonyl (C=O) groups excluding carboxylic acids is 1. The average Bonchev–Trinajstić information content (AvgIpc) is 3.45. The Kier molecular flexibility index (Phi) is 6.07. The highest BCUT2D eigenvalue weighted by atomic mass is 16.7. The molecule has 0 amide bonds. The van der Waals surface area contributed by atoms with E-state index < -0.39 is 36.3 Å². The van der Waals surface area contributed by atoms with E-state index in [9.17, 15) is 4.79 Å². The Labute approximate surface area is 206 Å². The average molecular weight is 496 g/mol. The SMILES string of the molecule is COc1c(C)ccc2cc3[n+](cc12)CCc1cc2c(cc1-3)OCO2.O=C1O[C@H]([C@@H](O)CO)C(O)=C1O. The zero-order valence-electron chi connectivity index (χ0n) is 19.7. The molecule has 3 aromatic rings. The van der Waals surface area contributed by atoms with Crippen molar-refractivity contribution in [3.05, 3.63) is 59.2 Å². The summed E-state index contributed by atoms with van der Waals surface area (Å²) >= 11 is 0. The van der Waals surface area contributed by atoms with Crippen molar-refractivity contribution in [3.63, 3.8) is 0 Å². The van der Waals surface area contributed by atoms with Gasteiger partial charge in [0.15, 0.2) is 36.1 Å². The molecule has 10 heteroatoms. The summed E-state index contributed by atoms with van der Waals surface area (Å²) in [4.78, 5) is 10.5. The number of ether oxygens (including phenoxy) is 4. The molecule has 0 spiro atoms. The van der Waals surface area contributed by atoms with Gasteiger partial charge in [-0.2, -0.15) is 4.57 Å². The Morgan fingerprint density at radius 2 is 1.92 bits per heavy atom. The van der Waals surface area contributed by atoms with Crippen molar-refractivity contribution in [2.45, 2.75) is 32.1 Å². The van der Waals surface area contributed by atoms with Crippen LogP contribution in [0.4, 0.5) is 0 Å². The summed E-state index contributed by atoms with van der Waals surface area (Å²) in [5.41, 5.74) is 4.92. The van der Waals surface area contributed by atoms with Gasteiger partial charge in [0.25, 0.3) is 0 Å². The fourth-order valence-corrected chi connectivity index (χ4v) is 4.62. The van der Waals surface area contributed by atoms with Gasteiger partial charge in [-0.3, -0.25) is 0 Å². The Morgan fingerprint density at radius 1 is 1.17 bits per heavy atom. The molecule has 3 aliphatic heterocycles. The first-order valence-corrected chi connectivity index (χ1v) is 11.4. The summed E-state index contributed by atoms with van der Waals surface area (Å²) in [6.07, 6.45) is 0.425. The lowest BCUT2D eigenvalue weighted by molar-refractivity contribution is -0.686. The van der Waals surface area contributed by atoms with Crippen molar-refractivity contribution in [2.75, 3.05) is 20.5 Å². The van der Waals surface area contributed by atoms with Crippen LogP contribution in [0.2, 0.25) is 0 Å². The van der Waals surface area contributed by atoms with Crippen molar-refractivity contribution in [1.82, 2.24) is 0 Å². The van der Waals surface area contributed by atoms with Gasteiger partial charge >= 0.3 is 5.97 Å². The van der Waals surface area contributed by atoms with Crippen LogP contribution >= 0.6 is 0 Å². The maximum absolute atomic E-state index is 10.5. The molecule has 2 atom stereocenters. The molecular weight excluding hydrogens is 470 g/mol. The quantitative estimate of drug-likeness (QED) is 0.317. The van der Waals surface area contributed by atoms with Crippen LogP contribution in [0, 0.1) is 6.92 Å². The molecule has 4 heterocycles. The molecule has 0 saturated carbocycles. The molecule has 188 valence electrons. The monoisotopic (exact) mass is 496 g/mol. The van der Waals surface area contributed by atoms with Gasteiger partial charge < -0.3 is 39.4 Å². The van der Waals surface area contributed by atoms with E-state index in [1.165, 1.54) is 22.2 Å². The van der Waals surface area contributed by atoms with E-state index in [0.717, 1.165) is 41.2 Å². The van der Waals surface area contributed by atoms with Crippen molar-refractivity contribution in [1.29, 1.82) is 0 Å². The topological polar surface area (TPSA) is 139 Å². The number of hydrogen-bond acceptors (Lipinski definition) is 9. The molecule has 0 aliphatic carbocycles. The zero-order chi connectivity index (χ0) is 25.6. The van der Waals surface area contributed by atoms with Crippen LogP contribution in [0.3, 0.4) is 0 Å². The number of nitrogens with zero attached hydrogens (tertiary/aromatic N) is 1. The fourth-order valence-electron chi connectivity index (χ4n) is 4.62. The summed E-state index contributed by atoms with van der Waals surface area (Å²) in [6, 6.07) is 10.8. The predicted octanol–water partition coefficient (Wildman–Crippen LogP) is 1.99. The van der Waals surface area contributed by atoms with Gasteiger partial charge in [-0.1, -0.05) is 12.1 Å². The molecule has 1 aromatic heterocycles. The fraction of sp³-hybridized carbons (Fsp3) is 0.308. The maximum Gasteiger partial charge on any atom is 0.377 e. The first-order chi connectivity index (χ1) is 17.3. The molecule has 3 aliphatic rings. The third kappa shape index (κ3) is 3.94. The van der Waals surface area contributed by atoms with Crippen LogP contribution in [0.25, 0.3) is 22.0 Å². The normalized spacial score (nSPS) is 18.2. The Bertz CT molecular complexity index is 1400. The van der Waals surface area contributed by atoms with E-state index >= 15 is 0 Å². The first-order valence-electron chi connectivity index (χ1n) is 11.4. The Morgan fingerprint density at radius 3 is 2.58 bits per heavy atom. The third-order valence-electron chi connectivity index (χ3n) is 6.49. The molecular formula is C26H26NO9+. The number of esters is 1. The number of aliphatic hydroxyl groups is 4. The van der Waals surface area contributed by atoms with Gasteiger partial charge in [-0.05, 0) is 35.6 Å². The molecule has 0 bridgehead atoms. The highest BCUT2D eigenvalue weighted by Crippen LogP contribution is 2.40. The molecule has 0 radical (unpaired) electrons. The van der Waals surface area contributed by atoms with E-state index in [4.69, 9.17) is 34.6 Å². The number of methoxy groups -OCH3 is 1. The molecule has 2 aromatic carbocycles. The summed E-state index contributed by atoms with van der Waals surface area (Å²) < 4.78 is 23.3. The predicted molar refractivity (Wildman–Crippen MR) is 126 cm³/mol. The van der Waals surface area contributed by atoms with E-state index in [2.05, 4.69) is 52.8 Å².